The fraction of sp³-hybridized carbons (Fsp3) is 0.577. The molecule has 2 aromatic heterocycles. The van der Waals surface area contributed by atoms with Crippen LogP contribution in [0, 0.1) is 5.92 Å². The molecule has 0 unspecified atom stereocenters. The number of rotatable bonds is 9. The van der Waals surface area contributed by atoms with Crippen LogP contribution < -0.4 is 10.6 Å². The summed E-state index contributed by atoms with van der Waals surface area (Å²) >= 11 is 0. The fourth-order valence-electron chi connectivity index (χ4n) is 4.96. The van der Waals surface area contributed by atoms with Gasteiger partial charge in [-0.1, -0.05) is 56.8 Å². The molecule has 1 aromatic carbocycles. The maximum absolute atomic E-state index is 12.9. The van der Waals surface area contributed by atoms with Crippen molar-refractivity contribution >= 4 is 22.8 Å². The zero-order chi connectivity index (χ0) is 24.8. The predicted octanol–water partition coefficient (Wildman–Crippen LogP) is 4.47. The van der Waals surface area contributed by atoms with Crippen molar-refractivity contribution in [3.05, 3.63) is 41.8 Å². The average Bonchev–Trinajstić information content (AvgIpc) is 3.40. The first-order valence-electron chi connectivity index (χ1n) is 12.7. The molecule has 1 atom stereocenters. The number of H-pyrrole nitrogens is 1. The molecule has 1 saturated carbocycles. The molecule has 0 aliphatic heterocycles. The molecule has 0 bridgehead atoms. The van der Waals surface area contributed by atoms with Crippen molar-refractivity contribution in [1.82, 2.24) is 30.7 Å². The summed E-state index contributed by atoms with van der Waals surface area (Å²) in [5.41, 5.74) is 1.25. The molecular formula is C26H36N6O3. The van der Waals surface area contributed by atoms with Crippen LogP contribution in [0.3, 0.4) is 0 Å². The van der Waals surface area contributed by atoms with Crippen molar-refractivity contribution in [3.63, 3.8) is 0 Å². The molecule has 3 aromatic rings. The lowest BCUT2D eigenvalue weighted by Crippen LogP contribution is -2.45. The lowest BCUT2D eigenvalue weighted by atomic mass is 9.89. The summed E-state index contributed by atoms with van der Waals surface area (Å²) in [6.07, 6.45) is 7.20. The number of nitrogens with one attached hydrogen (secondary N) is 3. The van der Waals surface area contributed by atoms with Crippen LogP contribution in [-0.2, 0) is 21.5 Å². The Morgan fingerprint density at radius 2 is 1.86 bits per heavy atom. The molecule has 4 rings (SSSR count). The van der Waals surface area contributed by atoms with E-state index in [0.29, 0.717) is 24.1 Å². The monoisotopic (exact) mass is 480 g/mol. The van der Waals surface area contributed by atoms with Crippen LogP contribution in [0.25, 0.3) is 11.0 Å². The van der Waals surface area contributed by atoms with Gasteiger partial charge in [-0.05, 0) is 37.3 Å². The van der Waals surface area contributed by atoms with E-state index in [2.05, 4.69) is 44.6 Å². The second-order valence-electron chi connectivity index (χ2n) is 10.1. The van der Waals surface area contributed by atoms with E-state index in [1.807, 2.05) is 24.3 Å². The van der Waals surface area contributed by atoms with Gasteiger partial charge in [0, 0.05) is 19.8 Å². The summed E-state index contributed by atoms with van der Waals surface area (Å²) in [7, 11) is 0. The maximum atomic E-state index is 12.9. The number of aryl methyl sites for hydroxylation is 1. The highest BCUT2D eigenvalue weighted by atomic mass is 16.5. The van der Waals surface area contributed by atoms with E-state index in [4.69, 9.17) is 4.52 Å². The lowest BCUT2D eigenvalue weighted by Gasteiger charge is -2.30. The molecule has 3 N–H and O–H groups in total. The van der Waals surface area contributed by atoms with Crippen LogP contribution >= 0.6 is 0 Å². The van der Waals surface area contributed by atoms with Crippen LogP contribution in [0.5, 0.6) is 0 Å². The third kappa shape index (κ3) is 6.26. The Kier molecular flexibility index (Phi) is 7.83. The molecule has 0 saturated heterocycles. The second-order valence-corrected chi connectivity index (χ2v) is 10.1. The Labute approximate surface area is 205 Å². The zero-order valence-corrected chi connectivity index (χ0v) is 20.9. The molecular weight excluding hydrogens is 444 g/mol. The Morgan fingerprint density at radius 1 is 1.11 bits per heavy atom. The van der Waals surface area contributed by atoms with E-state index in [0.717, 1.165) is 61.8 Å². The highest BCUT2D eigenvalue weighted by molar-refractivity contribution is 5.77. The number of carbonyl (C=O) groups is 2. The van der Waals surface area contributed by atoms with Crippen molar-refractivity contribution in [3.8, 4) is 0 Å². The highest BCUT2D eigenvalue weighted by Crippen LogP contribution is 2.34. The van der Waals surface area contributed by atoms with E-state index < -0.39 is 5.54 Å². The minimum atomic E-state index is -0.587. The zero-order valence-electron chi connectivity index (χ0n) is 20.9. The molecule has 1 aliphatic carbocycles. The van der Waals surface area contributed by atoms with Gasteiger partial charge in [-0.15, -0.1) is 0 Å². The number of imidazole rings is 1. The quantitative estimate of drug-likeness (QED) is 0.388. The SMILES string of the molecule is CC(=O)NC1(c2noc(CCC(=O)N[C@H](CC(C)C)c3nc4ccccc4[nH]3)n2)CCCCCC1. The van der Waals surface area contributed by atoms with Crippen molar-refractivity contribution in [2.75, 3.05) is 0 Å². The van der Waals surface area contributed by atoms with Gasteiger partial charge in [-0.2, -0.15) is 4.98 Å². The van der Waals surface area contributed by atoms with E-state index in [9.17, 15) is 9.59 Å². The van der Waals surface area contributed by atoms with Gasteiger partial charge < -0.3 is 20.1 Å². The standard InChI is InChI=1S/C26H36N6O3/c1-17(2)16-21(24-28-19-10-6-7-11-20(19)29-24)27-22(34)12-13-23-30-25(32-35-23)26(31-18(3)33)14-8-4-5-9-15-26/h6-7,10-11,17,21H,4-5,8-9,12-16H2,1-3H3,(H,27,34)(H,28,29)(H,31,33)/t21-/m1/s1. The topological polar surface area (TPSA) is 126 Å². The predicted molar refractivity (Wildman–Crippen MR) is 132 cm³/mol. The van der Waals surface area contributed by atoms with Gasteiger partial charge in [0.1, 0.15) is 11.4 Å². The number of nitrogens with zero attached hydrogens (tertiary/aromatic N) is 3. The maximum Gasteiger partial charge on any atom is 0.227 e. The molecule has 9 nitrogen and oxygen atoms in total. The number of benzene rings is 1. The van der Waals surface area contributed by atoms with Crippen molar-refractivity contribution < 1.29 is 14.1 Å². The smallest absolute Gasteiger partial charge is 0.227 e. The first-order valence-corrected chi connectivity index (χ1v) is 12.7. The van der Waals surface area contributed by atoms with Crippen molar-refractivity contribution in [1.29, 1.82) is 0 Å². The summed E-state index contributed by atoms with van der Waals surface area (Å²) in [4.78, 5) is 37.4. The van der Waals surface area contributed by atoms with Crippen LogP contribution in [0.2, 0.25) is 0 Å². The van der Waals surface area contributed by atoms with Crippen molar-refractivity contribution in [2.45, 2.75) is 90.1 Å². The average molecular weight is 481 g/mol. The second kappa shape index (κ2) is 11.0. The van der Waals surface area contributed by atoms with Crippen LogP contribution in [-0.4, -0.2) is 31.9 Å². The van der Waals surface area contributed by atoms with E-state index in [1.165, 1.54) is 6.92 Å². The Bertz CT molecular complexity index is 1110. The number of para-hydroxylation sites is 2. The summed E-state index contributed by atoms with van der Waals surface area (Å²) in [6, 6.07) is 7.65. The van der Waals surface area contributed by atoms with Crippen LogP contribution in [0.15, 0.2) is 28.8 Å². The minimum absolute atomic E-state index is 0.0955. The minimum Gasteiger partial charge on any atom is -0.346 e. The van der Waals surface area contributed by atoms with Crippen molar-refractivity contribution in [2.24, 2.45) is 5.92 Å². The molecule has 0 spiro atoms. The third-order valence-electron chi connectivity index (χ3n) is 6.61. The Balaban J connectivity index is 1.41. The van der Waals surface area contributed by atoms with Gasteiger partial charge in [-0.25, -0.2) is 4.98 Å². The number of carbonyl (C=O) groups excluding carboxylic acids is 2. The molecule has 9 heteroatoms. The summed E-state index contributed by atoms with van der Waals surface area (Å²) in [6.45, 7) is 5.77. The summed E-state index contributed by atoms with van der Waals surface area (Å²) in [5.74, 6) is 1.88. The Morgan fingerprint density at radius 3 is 2.54 bits per heavy atom. The number of hydrogen-bond donors (Lipinski definition) is 3. The molecule has 0 radical (unpaired) electrons. The summed E-state index contributed by atoms with van der Waals surface area (Å²) < 4.78 is 5.50. The molecule has 1 fully saturated rings. The third-order valence-corrected chi connectivity index (χ3v) is 6.61. The molecule has 2 amide bonds. The van der Waals surface area contributed by atoms with E-state index >= 15 is 0 Å². The van der Waals surface area contributed by atoms with Gasteiger partial charge >= 0.3 is 0 Å². The van der Waals surface area contributed by atoms with Gasteiger partial charge in [0.15, 0.2) is 5.82 Å². The van der Waals surface area contributed by atoms with E-state index in [-0.39, 0.29) is 24.3 Å². The molecule has 2 heterocycles. The molecule has 188 valence electrons. The lowest BCUT2D eigenvalue weighted by molar-refractivity contribution is -0.122. The summed E-state index contributed by atoms with van der Waals surface area (Å²) in [5, 5.41) is 10.4. The normalized spacial score (nSPS) is 16.7. The molecule has 1 aliphatic rings. The fourth-order valence-corrected chi connectivity index (χ4v) is 4.96. The number of aromatic nitrogens is 4. The highest BCUT2D eigenvalue weighted by Gasteiger charge is 2.38. The number of hydrogen-bond acceptors (Lipinski definition) is 6. The largest absolute Gasteiger partial charge is 0.346 e. The van der Waals surface area contributed by atoms with Gasteiger partial charge in [0.2, 0.25) is 17.7 Å². The number of amides is 2. The van der Waals surface area contributed by atoms with E-state index in [1.54, 1.807) is 0 Å². The molecule has 35 heavy (non-hydrogen) atoms. The number of fused-ring (bicyclic) bond motifs is 1. The van der Waals surface area contributed by atoms with Gasteiger partial charge in [-0.3, -0.25) is 9.59 Å². The van der Waals surface area contributed by atoms with Crippen LogP contribution in [0.4, 0.5) is 0 Å². The van der Waals surface area contributed by atoms with Crippen LogP contribution in [0.1, 0.15) is 95.7 Å². The van der Waals surface area contributed by atoms with Gasteiger partial charge in [0.05, 0.1) is 17.1 Å². The van der Waals surface area contributed by atoms with Gasteiger partial charge in [0.25, 0.3) is 0 Å². The Hall–Kier alpha value is -3.23. The number of aromatic amines is 1. The first kappa shape index (κ1) is 24.9. The first-order chi connectivity index (χ1) is 16.8.